The van der Waals surface area contributed by atoms with Crippen LogP contribution < -0.4 is 10.6 Å². The Kier molecular flexibility index (Phi) is 8.16. The number of likely N-dealkylation sites (N-methyl/N-ethyl adjacent to an activating group) is 1. The summed E-state index contributed by atoms with van der Waals surface area (Å²) in [5.41, 5.74) is 1.42. The van der Waals surface area contributed by atoms with Gasteiger partial charge < -0.3 is 15.5 Å². The molecular formula is C16H26ClN3O. The van der Waals surface area contributed by atoms with E-state index in [2.05, 4.69) is 29.4 Å². The van der Waals surface area contributed by atoms with E-state index in [9.17, 15) is 4.79 Å². The number of nitrogens with zero attached hydrogens (tertiary/aromatic N) is 1. The maximum absolute atomic E-state index is 12.3. The zero-order valence-electron chi connectivity index (χ0n) is 13.2. The summed E-state index contributed by atoms with van der Waals surface area (Å²) in [6, 6.07) is 5.34. The predicted octanol–water partition coefficient (Wildman–Crippen LogP) is 3.23. The van der Waals surface area contributed by atoms with Crippen LogP contribution >= 0.6 is 11.6 Å². The highest BCUT2D eigenvalue weighted by Crippen LogP contribution is 2.20. The van der Waals surface area contributed by atoms with Crippen LogP contribution in [0.5, 0.6) is 0 Å². The van der Waals surface area contributed by atoms with E-state index >= 15 is 0 Å². The number of nitrogens with one attached hydrogen (secondary N) is 2. The van der Waals surface area contributed by atoms with Crippen LogP contribution in [0.2, 0.25) is 5.02 Å². The number of hydrogen-bond donors (Lipinski definition) is 2. The number of carbonyl (C=O) groups excluding carboxylic acids is 1. The SMILES string of the molecule is CCCN(CC)CCNC(=O)c1cc(Cl)ccc1NCC. The topological polar surface area (TPSA) is 44.4 Å². The van der Waals surface area contributed by atoms with E-state index in [0.717, 1.165) is 38.3 Å². The van der Waals surface area contributed by atoms with Crippen LogP contribution in [0.25, 0.3) is 0 Å². The van der Waals surface area contributed by atoms with Crippen molar-refractivity contribution in [1.29, 1.82) is 0 Å². The van der Waals surface area contributed by atoms with Gasteiger partial charge in [-0.25, -0.2) is 0 Å². The van der Waals surface area contributed by atoms with Crippen molar-refractivity contribution >= 4 is 23.2 Å². The second-order valence-electron chi connectivity index (χ2n) is 4.91. The largest absolute Gasteiger partial charge is 0.385 e. The Morgan fingerprint density at radius 1 is 1.24 bits per heavy atom. The number of halogens is 1. The Labute approximate surface area is 132 Å². The van der Waals surface area contributed by atoms with E-state index in [4.69, 9.17) is 11.6 Å². The quantitative estimate of drug-likeness (QED) is 0.736. The predicted molar refractivity (Wildman–Crippen MR) is 90.4 cm³/mol. The molecule has 1 aromatic carbocycles. The van der Waals surface area contributed by atoms with Gasteiger partial charge >= 0.3 is 0 Å². The van der Waals surface area contributed by atoms with Crippen LogP contribution in [0.1, 0.15) is 37.6 Å². The molecule has 1 amide bonds. The highest BCUT2D eigenvalue weighted by molar-refractivity contribution is 6.31. The fraction of sp³-hybridized carbons (Fsp3) is 0.562. The first-order valence-corrected chi connectivity index (χ1v) is 8.04. The summed E-state index contributed by atoms with van der Waals surface area (Å²) >= 11 is 5.99. The Morgan fingerprint density at radius 3 is 2.62 bits per heavy atom. The van der Waals surface area contributed by atoms with Gasteiger partial charge in [-0.05, 0) is 44.6 Å². The molecule has 0 aliphatic carbocycles. The molecule has 4 nitrogen and oxygen atoms in total. The van der Waals surface area contributed by atoms with Gasteiger partial charge in [0.15, 0.2) is 0 Å². The first kappa shape index (κ1) is 17.8. The van der Waals surface area contributed by atoms with Crippen molar-refractivity contribution < 1.29 is 4.79 Å². The second-order valence-corrected chi connectivity index (χ2v) is 5.35. The van der Waals surface area contributed by atoms with Crippen LogP contribution in [0.4, 0.5) is 5.69 Å². The Bertz CT molecular complexity index is 451. The molecule has 21 heavy (non-hydrogen) atoms. The third kappa shape index (κ3) is 5.94. The van der Waals surface area contributed by atoms with Crippen molar-refractivity contribution in [1.82, 2.24) is 10.2 Å². The van der Waals surface area contributed by atoms with Gasteiger partial charge in [-0.15, -0.1) is 0 Å². The summed E-state index contributed by atoms with van der Waals surface area (Å²) in [5, 5.41) is 6.73. The van der Waals surface area contributed by atoms with Crippen molar-refractivity contribution in [3.63, 3.8) is 0 Å². The first-order chi connectivity index (χ1) is 10.1. The molecule has 118 valence electrons. The molecule has 0 atom stereocenters. The highest BCUT2D eigenvalue weighted by atomic mass is 35.5. The summed E-state index contributed by atoms with van der Waals surface area (Å²) in [4.78, 5) is 14.6. The van der Waals surface area contributed by atoms with E-state index in [1.165, 1.54) is 0 Å². The molecule has 1 aromatic rings. The monoisotopic (exact) mass is 311 g/mol. The minimum absolute atomic E-state index is 0.0824. The van der Waals surface area contributed by atoms with Gasteiger partial charge in [0.2, 0.25) is 0 Å². The molecule has 0 aliphatic rings. The first-order valence-electron chi connectivity index (χ1n) is 7.66. The van der Waals surface area contributed by atoms with Crippen molar-refractivity contribution in [2.24, 2.45) is 0 Å². The Hall–Kier alpha value is -1.26. The lowest BCUT2D eigenvalue weighted by atomic mass is 10.1. The summed E-state index contributed by atoms with van der Waals surface area (Å²) in [6.07, 6.45) is 1.13. The molecule has 0 unspecified atom stereocenters. The van der Waals surface area contributed by atoms with Crippen molar-refractivity contribution in [3.05, 3.63) is 28.8 Å². The third-order valence-electron chi connectivity index (χ3n) is 3.29. The molecule has 0 aromatic heterocycles. The maximum atomic E-state index is 12.3. The summed E-state index contributed by atoms with van der Waals surface area (Å²) in [6.45, 7) is 10.6. The molecule has 0 radical (unpaired) electrons. The molecule has 2 N–H and O–H groups in total. The van der Waals surface area contributed by atoms with Gasteiger partial charge in [-0.3, -0.25) is 4.79 Å². The van der Waals surface area contributed by atoms with Crippen LogP contribution in [-0.4, -0.2) is 43.5 Å². The lowest BCUT2D eigenvalue weighted by Crippen LogP contribution is -2.35. The third-order valence-corrected chi connectivity index (χ3v) is 3.53. The minimum atomic E-state index is -0.0824. The van der Waals surface area contributed by atoms with Gasteiger partial charge in [-0.1, -0.05) is 25.4 Å². The zero-order chi connectivity index (χ0) is 15.7. The maximum Gasteiger partial charge on any atom is 0.253 e. The molecule has 0 heterocycles. The van der Waals surface area contributed by atoms with Crippen molar-refractivity contribution in [3.8, 4) is 0 Å². The van der Waals surface area contributed by atoms with Gasteiger partial charge in [0.05, 0.1) is 5.56 Å². The van der Waals surface area contributed by atoms with Crippen LogP contribution in [-0.2, 0) is 0 Å². The molecule has 0 fully saturated rings. The fourth-order valence-corrected chi connectivity index (χ4v) is 2.39. The lowest BCUT2D eigenvalue weighted by molar-refractivity contribution is 0.0949. The number of benzene rings is 1. The Morgan fingerprint density at radius 2 is 2.00 bits per heavy atom. The lowest BCUT2D eigenvalue weighted by Gasteiger charge is -2.19. The van der Waals surface area contributed by atoms with E-state index in [0.29, 0.717) is 17.1 Å². The number of anilines is 1. The number of hydrogen-bond acceptors (Lipinski definition) is 3. The average Bonchev–Trinajstić information content (AvgIpc) is 2.48. The van der Waals surface area contributed by atoms with Crippen LogP contribution in [0, 0.1) is 0 Å². The standard InChI is InChI=1S/C16H26ClN3O/c1-4-10-20(6-3)11-9-19-16(21)14-12-13(17)7-8-15(14)18-5-2/h7-8,12,18H,4-6,9-11H2,1-3H3,(H,19,21). The van der Waals surface area contributed by atoms with Crippen molar-refractivity contribution in [2.75, 3.05) is 38.0 Å². The second kappa shape index (κ2) is 9.64. The van der Waals surface area contributed by atoms with E-state index in [1.807, 2.05) is 13.0 Å². The van der Waals surface area contributed by atoms with E-state index in [1.54, 1.807) is 12.1 Å². The molecule has 0 spiro atoms. The van der Waals surface area contributed by atoms with Crippen LogP contribution in [0.3, 0.4) is 0 Å². The summed E-state index contributed by atoms with van der Waals surface area (Å²) < 4.78 is 0. The molecule has 0 saturated heterocycles. The molecule has 5 heteroatoms. The smallest absolute Gasteiger partial charge is 0.253 e. The molecule has 0 aliphatic heterocycles. The van der Waals surface area contributed by atoms with Gasteiger partial charge in [0.1, 0.15) is 0 Å². The molecular weight excluding hydrogens is 286 g/mol. The average molecular weight is 312 g/mol. The van der Waals surface area contributed by atoms with Crippen LogP contribution in [0.15, 0.2) is 18.2 Å². The fourth-order valence-electron chi connectivity index (χ4n) is 2.22. The van der Waals surface area contributed by atoms with Gasteiger partial charge in [0, 0.05) is 30.3 Å². The minimum Gasteiger partial charge on any atom is -0.385 e. The van der Waals surface area contributed by atoms with E-state index < -0.39 is 0 Å². The molecule has 1 rings (SSSR count). The van der Waals surface area contributed by atoms with Gasteiger partial charge in [-0.2, -0.15) is 0 Å². The number of amides is 1. The molecule has 0 saturated carbocycles. The van der Waals surface area contributed by atoms with Crippen molar-refractivity contribution in [2.45, 2.75) is 27.2 Å². The number of rotatable bonds is 9. The number of carbonyl (C=O) groups is 1. The highest BCUT2D eigenvalue weighted by Gasteiger charge is 2.12. The normalized spacial score (nSPS) is 10.7. The summed E-state index contributed by atoms with van der Waals surface area (Å²) in [7, 11) is 0. The zero-order valence-corrected chi connectivity index (χ0v) is 14.0. The Balaban J connectivity index is 2.60. The van der Waals surface area contributed by atoms with E-state index in [-0.39, 0.29) is 5.91 Å². The van der Waals surface area contributed by atoms with Gasteiger partial charge in [0.25, 0.3) is 5.91 Å². The summed E-state index contributed by atoms with van der Waals surface area (Å²) in [5.74, 6) is -0.0824. The molecule has 0 bridgehead atoms.